The first-order chi connectivity index (χ1) is 7.15. The van der Waals surface area contributed by atoms with Crippen molar-refractivity contribution in [1.82, 2.24) is 0 Å². The zero-order valence-corrected chi connectivity index (χ0v) is 8.46. The fourth-order valence-corrected chi connectivity index (χ4v) is 1.04. The maximum absolute atomic E-state index is 11.5. The van der Waals surface area contributed by atoms with Crippen LogP contribution in [0.5, 0.6) is 0 Å². The molecule has 4 heteroatoms. The van der Waals surface area contributed by atoms with Crippen molar-refractivity contribution in [2.24, 2.45) is 0 Å². The van der Waals surface area contributed by atoms with Crippen LogP contribution in [0.2, 0.25) is 0 Å². The van der Waals surface area contributed by atoms with Crippen molar-refractivity contribution in [3.05, 3.63) is 35.9 Å². The van der Waals surface area contributed by atoms with E-state index in [0.717, 1.165) is 0 Å². The van der Waals surface area contributed by atoms with E-state index in [9.17, 15) is 9.90 Å². The van der Waals surface area contributed by atoms with E-state index in [1.54, 1.807) is 30.3 Å². The molecule has 1 aromatic rings. The minimum absolute atomic E-state index is 0.425. The molecule has 0 unspecified atom stereocenters. The van der Waals surface area contributed by atoms with Crippen LogP contribution in [0.3, 0.4) is 0 Å². The van der Waals surface area contributed by atoms with Crippen LogP contribution in [-0.4, -0.2) is 35.0 Å². The normalized spacial score (nSPS) is 14.3. The second kappa shape index (κ2) is 5.48. The summed E-state index contributed by atoms with van der Waals surface area (Å²) in [6.07, 6.45) is -1.76. The standard InChI is InChI=1S/C11H14O4/c1-8(10(13)7-12)15-11(14)9-5-3-2-4-6-9/h2-6,8,10,12-13H,7H2,1H3/t8-,10+/m0/s1. The molecule has 0 heterocycles. The predicted octanol–water partition coefficient (Wildman–Crippen LogP) is 0.585. The average molecular weight is 210 g/mol. The van der Waals surface area contributed by atoms with E-state index in [1.165, 1.54) is 6.92 Å². The fraction of sp³-hybridized carbons (Fsp3) is 0.364. The second-order valence-corrected chi connectivity index (χ2v) is 3.23. The lowest BCUT2D eigenvalue weighted by Crippen LogP contribution is -2.31. The van der Waals surface area contributed by atoms with Crippen molar-refractivity contribution >= 4 is 5.97 Å². The first-order valence-electron chi connectivity index (χ1n) is 4.70. The summed E-state index contributed by atoms with van der Waals surface area (Å²) in [5.74, 6) is -0.504. The molecule has 0 aromatic heterocycles. The third-order valence-electron chi connectivity index (χ3n) is 2.03. The molecule has 0 spiro atoms. The number of aliphatic hydroxyl groups excluding tert-OH is 2. The Morgan fingerprint density at radius 3 is 2.53 bits per heavy atom. The Kier molecular flexibility index (Phi) is 4.27. The molecule has 2 N–H and O–H groups in total. The Balaban J connectivity index is 2.57. The summed E-state index contributed by atoms with van der Waals surface area (Å²) < 4.78 is 4.94. The molecule has 1 rings (SSSR count). The van der Waals surface area contributed by atoms with Gasteiger partial charge in [-0.1, -0.05) is 18.2 Å². The Morgan fingerprint density at radius 1 is 1.40 bits per heavy atom. The molecular formula is C11H14O4. The van der Waals surface area contributed by atoms with Gasteiger partial charge < -0.3 is 14.9 Å². The summed E-state index contributed by atoms with van der Waals surface area (Å²) in [5, 5.41) is 17.8. The van der Waals surface area contributed by atoms with Gasteiger partial charge in [0.05, 0.1) is 12.2 Å². The average Bonchev–Trinajstić information content (AvgIpc) is 2.29. The lowest BCUT2D eigenvalue weighted by atomic mass is 10.2. The number of aliphatic hydroxyl groups is 2. The van der Waals surface area contributed by atoms with Gasteiger partial charge in [-0.05, 0) is 19.1 Å². The van der Waals surface area contributed by atoms with Crippen LogP contribution in [0.15, 0.2) is 30.3 Å². The van der Waals surface area contributed by atoms with E-state index in [-0.39, 0.29) is 0 Å². The minimum Gasteiger partial charge on any atom is -0.456 e. The maximum atomic E-state index is 11.5. The van der Waals surface area contributed by atoms with Crippen molar-refractivity contribution < 1.29 is 19.7 Å². The van der Waals surface area contributed by atoms with Gasteiger partial charge in [0.2, 0.25) is 0 Å². The number of carbonyl (C=O) groups excluding carboxylic acids is 1. The third-order valence-corrected chi connectivity index (χ3v) is 2.03. The zero-order chi connectivity index (χ0) is 11.3. The number of hydrogen-bond donors (Lipinski definition) is 2. The highest BCUT2D eigenvalue weighted by Crippen LogP contribution is 2.05. The molecule has 1 aromatic carbocycles. The zero-order valence-electron chi connectivity index (χ0n) is 8.46. The van der Waals surface area contributed by atoms with Crippen LogP contribution in [0.1, 0.15) is 17.3 Å². The van der Waals surface area contributed by atoms with Gasteiger partial charge in [0.15, 0.2) is 0 Å². The van der Waals surface area contributed by atoms with Gasteiger partial charge in [-0.2, -0.15) is 0 Å². The summed E-state index contributed by atoms with van der Waals surface area (Å²) in [4.78, 5) is 11.5. The highest BCUT2D eigenvalue weighted by atomic mass is 16.6. The van der Waals surface area contributed by atoms with Crippen molar-refractivity contribution in [2.75, 3.05) is 6.61 Å². The highest BCUT2D eigenvalue weighted by molar-refractivity contribution is 5.89. The topological polar surface area (TPSA) is 66.8 Å². The predicted molar refractivity (Wildman–Crippen MR) is 54.4 cm³/mol. The largest absolute Gasteiger partial charge is 0.456 e. The summed E-state index contributed by atoms with van der Waals surface area (Å²) in [5.41, 5.74) is 0.425. The highest BCUT2D eigenvalue weighted by Gasteiger charge is 2.18. The SMILES string of the molecule is C[C@H](OC(=O)c1ccccc1)[C@H](O)CO. The Morgan fingerprint density at radius 2 is 2.00 bits per heavy atom. The van der Waals surface area contributed by atoms with Gasteiger partial charge in [0, 0.05) is 0 Å². The van der Waals surface area contributed by atoms with Crippen LogP contribution in [-0.2, 0) is 4.74 Å². The number of ether oxygens (including phenoxy) is 1. The molecule has 4 nitrogen and oxygen atoms in total. The number of rotatable bonds is 4. The number of benzene rings is 1. The van der Waals surface area contributed by atoms with Gasteiger partial charge in [-0.25, -0.2) is 4.79 Å². The lowest BCUT2D eigenvalue weighted by molar-refractivity contribution is -0.0293. The molecule has 0 aliphatic heterocycles. The quantitative estimate of drug-likeness (QED) is 0.713. The van der Waals surface area contributed by atoms with Crippen molar-refractivity contribution in [3.63, 3.8) is 0 Å². The van der Waals surface area contributed by atoms with Gasteiger partial charge in [-0.15, -0.1) is 0 Å². The van der Waals surface area contributed by atoms with E-state index in [0.29, 0.717) is 5.56 Å². The Labute approximate surface area is 88.1 Å². The van der Waals surface area contributed by atoms with E-state index < -0.39 is 24.8 Å². The molecule has 0 amide bonds. The Hall–Kier alpha value is -1.39. The van der Waals surface area contributed by atoms with Crippen LogP contribution in [0.25, 0.3) is 0 Å². The van der Waals surface area contributed by atoms with Gasteiger partial charge >= 0.3 is 5.97 Å². The monoisotopic (exact) mass is 210 g/mol. The molecule has 15 heavy (non-hydrogen) atoms. The lowest BCUT2D eigenvalue weighted by Gasteiger charge is -2.17. The molecule has 2 atom stereocenters. The van der Waals surface area contributed by atoms with Crippen molar-refractivity contribution in [1.29, 1.82) is 0 Å². The van der Waals surface area contributed by atoms with E-state index in [4.69, 9.17) is 9.84 Å². The second-order valence-electron chi connectivity index (χ2n) is 3.23. The van der Waals surface area contributed by atoms with Crippen LogP contribution in [0, 0.1) is 0 Å². The Bertz CT molecular complexity index is 310. The van der Waals surface area contributed by atoms with Crippen molar-refractivity contribution in [3.8, 4) is 0 Å². The van der Waals surface area contributed by atoms with Gasteiger partial charge in [0.1, 0.15) is 12.2 Å². The molecule has 0 fully saturated rings. The van der Waals surface area contributed by atoms with Gasteiger partial charge in [-0.3, -0.25) is 0 Å². The smallest absolute Gasteiger partial charge is 0.338 e. The third kappa shape index (κ3) is 3.34. The fourth-order valence-electron chi connectivity index (χ4n) is 1.04. The first kappa shape index (κ1) is 11.7. The van der Waals surface area contributed by atoms with Crippen molar-refractivity contribution in [2.45, 2.75) is 19.1 Å². The molecule has 82 valence electrons. The minimum atomic E-state index is -1.04. The molecule has 0 saturated heterocycles. The molecule has 0 saturated carbocycles. The molecule has 0 aliphatic carbocycles. The van der Waals surface area contributed by atoms with E-state index in [1.807, 2.05) is 0 Å². The molecule has 0 radical (unpaired) electrons. The number of hydrogen-bond acceptors (Lipinski definition) is 4. The van der Waals surface area contributed by atoms with Crippen LogP contribution in [0.4, 0.5) is 0 Å². The summed E-state index contributed by atoms with van der Waals surface area (Å²) in [7, 11) is 0. The number of carbonyl (C=O) groups is 1. The van der Waals surface area contributed by atoms with Crippen LogP contribution < -0.4 is 0 Å². The van der Waals surface area contributed by atoms with E-state index in [2.05, 4.69) is 0 Å². The van der Waals surface area contributed by atoms with Gasteiger partial charge in [0.25, 0.3) is 0 Å². The first-order valence-corrected chi connectivity index (χ1v) is 4.70. The molecule has 0 aliphatic rings. The maximum Gasteiger partial charge on any atom is 0.338 e. The summed E-state index contributed by atoms with van der Waals surface area (Å²) in [6, 6.07) is 8.50. The van der Waals surface area contributed by atoms with E-state index >= 15 is 0 Å². The molecular weight excluding hydrogens is 196 g/mol. The van der Waals surface area contributed by atoms with Crippen LogP contribution >= 0.6 is 0 Å². The summed E-state index contributed by atoms with van der Waals surface area (Å²) >= 11 is 0. The summed E-state index contributed by atoms with van der Waals surface area (Å²) in [6.45, 7) is 1.10. The molecule has 0 bridgehead atoms. The number of esters is 1.